The van der Waals surface area contributed by atoms with Gasteiger partial charge in [0.2, 0.25) is 7.85 Å². The van der Waals surface area contributed by atoms with E-state index in [0.29, 0.717) is 23.3 Å². The zero-order valence-electron chi connectivity index (χ0n) is 30.6. The molecule has 276 valence electrons. The Hall–Kier alpha value is -4.21. The predicted octanol–water partition coefficient (Wildman–Crippen LogP) is 4.67. The molecule has 4 atom stereocenters. The van der Waals surface area contributed by atoms with Gasteiger partial charge in [0.15, 0.2) is 24.2 Å². The maximum atomic E-state index is 13.7. The average molecular weight is 710 g/mol. The number of aliphatic imine (C=N–C) groups is 1. The summed E-state index contributed by atoms with van der Waals surface area (Å²) in [6, 6.07) is 3.18. The normalized spacial score (nSPS) is 23.5. The number of rotatable bonds is 9. The van der Waals surface area contributed by atoms with Gasteiger partial charge in [-0.15, -0.1) is 0 Å². The first kappa shape index (κ1) is 39.6. The minimum Gasteiger partial charge on any atom is -0.492 e. The minimum absolute atomic E-state index is 0.00434. The zero-order valence-corrected chi connectivity index (χ0v) is 30.6. The number of hydrogen-bond donors (Lipinski definition) is 0. The average Bonchev–Trinajstić information content (AvgIpc) is 3.63. The molecule has 4 rings (SSSR count). The third-order valence-electron chi connectivity index (χ3n) is 8.23. The van der Waals surface area contributed by atoms with E-state index in [4.69, 9.17) is 41.0 Å². The number of allylic oxidation sites excluding steroid dienone is 1. The van der Waals surface area contributed by atoms with Crippen molar-refractivity contribution in [2.24, 2.45) is 4.99 Å². The Kier molecular flexibility index (Phi) is 13.1. The molecule has 3 aliphatic rings. The Balaban J connectivity index is 1.59. The fourth-order valence-electron chi connectivity index (χ4n) is 5.63. The lowest BCUT2D eigenvalue weighted by molar-refractivity contribution is -0.154. The lowest BCUT2D eigenvalue weighted by atomic mass is 10.00. The SMILES string of the molecule is [B]C(=O)N(CCOc1cc2c(c(OCOC)c1)C(=O)OC(C)C(C)=CCC(=O)C1OC(C)(C)OC1CC=C2)CC1N=CCN1C(=O)OC(C)(C)C. The molecular formula is C36H48BN3O11. The van der Waals surface area contributed by atoms with Gasteiger partial charge in [0.05, 0.1) is 25.7 Å². The summed E-state index contributed by atoms with van der Waals surface area (Å²) >= 11 is 0. The minimum atomic E-state index is -0.949. The van der Waals surface area contributed by atoms with Crippen molar-refractivity contribution in [1.82, 2.24) is 9.80 Å². The van der Waals surface area contributed by atoms with Gasteiger partial charge in [-0.1, -0.05) is 18.2 Å². The highest BCUT2D eigenvalue weighted by Crippen LogP contribution is 2.34. The Morgan fingerprint density at radius 1 is 1.16 bits per heavy atom. The van der Waals surface area contributed by atoms with Crippen LogP contribution in [0.4, 0.5) is 9.59 Å². The van der Waals surface area contributed by atoms with Gasteiger partial charge in [0, 0.05) is 25.8 Å². The van der Waals surface area contributed by atoms with E-state index in [1.54, 1.807) is 79.0 Å². The van der Waals surface area contributed by atoms with Crippen molar-refractivity contribution in [2.45, 2.75) is 97.2 Å². The quantitative estimate of drug-likeness (QED) is 0.152. The second kappa shape index (κ2) is 16.9. The number of cyclic esters (lactones) is 1. The molecule has 15 heteroatoms. The smallest absolute Gasteiger partial charge is 0.412 e. The van der Waals surface area contributed by atoms with E-state index in [1.165, 1.54) is 23.0 Å². The first-order chi connectivity index (χ1) is 24.0. The number of esters is 1. The summed E-state index contributed by atoms with van der Waals surface area (Å²) < 4.78 is 40.4. The maximum absolute atomic E-state index is 13.7. The van der Waals surface area contributed by atoms with Crippen LogP contribution in [0.3, 0.4) is 0 Å². The molecule has 3 heterocycles. The Bertz CT molecular complexity index is 1550. The first-order valence-corrected chi connectivity index (χ1v) is 16.9. The molecule has 0 aliphatic carbocycles. The van der Waals surface area contributed by atoms with Crippen LogP contribution >= 0.6 is 0 Å². The zero-order chi connectivity index (χ0) is 37.5. The number of methoxy groups -OCH3 is 1. The molecule has 0 aromatic heterocycles. The van der Waals surface area contributed by atoms with E-state index in [-0.39, 0.29) is 56.6 Å². The summed E-state index contributed by atoms with van der Waals surface area (Å²) in [5, 5.41) is 0. The molecule has 1 saturated heterocycles. The number of ketones is 1. The van der Waals surface area contributed by atoms with Gasteiger partial charge in [-0.2, -0.15) is 0 Å². The lowest BCUT2D eigenvalue weighted by Gasteiger charge is -2.31. The summed E-state index contributed by atoms with van der Waals surface area (Å²) in [4.78, 5) is 59.1. The standard InChI is InChI=1S/C36H48BN3O11/c1-22-12-13-26(41)31-27(49-36(6,7)50-31)11-9-10-24-18-25(19-28(47-21-45-8)30(24)32(42)48-23(22)2)46-17-16-39(33(37)43)20-29-38-14-15-40(29)34(44)51-35(3,4)5/h9-10,12,14,18-19,23,27,29,31H,11,13,15-17,20-21H2,1-8H3. The molecule has 1 fully saturated rings. The van der Waals surface area contributed by atoms with Crippen LogP contribution in [0.5, 0.6) is 11.5 Å². The number of carbonyl (C=O) groups is 4. The summed E-state index contributed by atoms with van der Waals surface area (Å²) in [6.07, 6.45) is 4.01. The number of Topliss-reactive ketones (excluding diaryl/α,β-unsaturated/α-hetero) is 1. The Morgan fingerprint density at radius 3 is 2.59 bits per heavy atom. The molecule has 3 aliphatic heterocycles. The molecule has 4 unspecified atom stereocenters. The molecule has 0 spiro atoms. The van der Waals surface area contributed by atoms with Crippen LogP contribution in [0.25, 0.3) is 6.08 Å². The predicted molar refractivity (Wildman–Crippen MR) is 188 cm³/mol. The van der Waals surface area contributed by atoms with Crippen LogP contribution in [0.15, 0.2) is 34.9 Å². The van der Waals surface area contributed by atoms with Gasteiger partial charge < -0.3 is 38.1 Å². The molecular weight excluding hydrogens is 661 g/mol. The molecule has 0 saturated carbocycles. The van der Waals surface area contributed by atoms with Crippen LogP contribution in [-0.4, -0.2) is 124 Å². The largest absolute Gasteiger partial charge is 0.492 e. The Morgan fingerprint density at radius 2 is 1.90 bits per heavy atom. The second-order valence-corrected chi connectivity index (χ2v) is 13.9. The van der Waals surface area contributed by atoms with Crippen LogP contribution in [0, 0.1) is 0 Å². The molecule has 2 amide bonds. The maximum Gasteiger partial charge on any atom is 0.412 e. The monoisotopic (exact) mass is 709 g/mol. The highest BCUT2D eigenvalue weighted by Gasteiger charge is 2.44. The first-order valence-electron chi connectivity index (χ1n) is 16.9. The van der Waals surface area contributed by atoms with Crippen molar-refractivity contribution < 1.29 is 52.3 Å². The van der Waals surface area contributed by atoms with Crippen molar-refractivity contribution in [3.63, 3.8) is 0 Å². The fraction of sp³-hybridized carbons (Fsp3) is 0.583. The number of hydrogen-bond acceptors (Lipinski definition) is 12. The van der Waals surface area contributed by atoms with Crippen LogP contribution in [0.1, 0.15) is 77.2 Å². The number of nitrogens with zero attached hydrogens (tertiary/aromatic N) is 3. The number of ether oxygens (including phenoxy) is 7. The summed E-state index contributed by atoms with van der Waals surface area (Å²) in [6.45, 7) is 12.5. The van der Waals surface area contributed by atoms with Crippen molar-refractivity contribution in [3.8, 4) is 11.5 Å². The van der Waals surface area contributed by atoms with E-state index >= 15 is 0 Å². The van der Waals surface area contributed by atoms with Crippen molar-refractivity contribution in [1.29, 1.82) is 0 Å². The van der Waals surface area contributed by atoms with Gasteiger partial charge in [0.1, 0.15) is 47.6 Å². The molecule has 51 heavy (non-hydrogen) atoms. The highest BCUT2D eigenvalue weighted by atomic mass is 16.8. The van der Waals surface area contributed by atoms with E-state index in [1.807, 2.05) is 0 Å². The molecule has 0 bridgehead atoms. The number of fused-ring (bicyclic) bond motifs is 2. The van der Waals surface area contributed by atoms with E-state index in [9.17, 15) is 19.2 Å². The van der Waals surface area contributed by atoms with Gasteiger partial charge in [0.25, 0.3) is 0 Å². The van der Waals surface area contributed by atoms with E-state index < -0.39 is 53.7 Å². The van der Waals surface area contributed by atoms with Crippen molar-refractivity contribution in [3.05, 3.63) is 41.0 Å². The third kappa shape index (κ3) is 10.9. The van der Waals surface area contributed by atoms with Crippen LogP contribution < -0.4 is 9.47 Å². The van der Waals surface area contributed by atoms with Crippen LogP contribution in [-0.2, 0) is 28.5 Å². The topological polar surface area (TPSA) is 152 Å². The number of benzene rings is 1. The lowest BCUT2D eigenvalue weighted by Crippen LogP contribution is -2.47. The van der Waals surface area contributed by atoms with Gasteiger partial charge in [-0.05, 0) is 72.1 Å². The number of amides is 2. The summed E-state index contributed by atoms with van der Waals surface area (Å²) in [5.74, 6) is -2.00. The molecule has 2 radical (unpaired) electrons. The summed E-state index contributed by atoms with van der Waals surface area (Å²) in [5.41, 5.74) is 0.545. The fourth-order valence-corrected chi connectivity index (χ4v) is 5.63. The van der Waals surface area contributed by atoms with Gasteiger partial charge >= 0.3 is 12.1 Å². The highest BCUT2D eigenvalue weighted by molar-refractivity contribution is 6.56. The molecule has 14 nitrogen and oxygen atoms in total. The third-order valence-corrected chi connectivity index (χ3v) is 8.23. The van der Waals surface area contributed by atoms with Gasteiger partial charge in [-0.3, -0.25) is 19.5 Å². The van der Waals surface area contributed by atoms with Crippen LogP contribution in [0.2, 0.25) is 0 Å². The number of carbonyl (C=O) groups excluding carboxylic acids is 4. The van der Waals surface area contributed by atoms with E-state index in [2.05, 4.69) is 4.99 Å². The second-order valence-electron chi connectivity index (χ2n) is 13.9. The Labute approximate surface area is 300 Å². The summed E-state index contributed by atoms with van der Waals surface area (Å²) in [7, 11) is 7.15. The van der Waals surface area contributed by atoms with Crippen molar-refractivity contribution >= 4 is 43.8 Å². The van der Waals surface area contributed by atoms with E-state index in [0.717, 1.165) is 0 Å². The van der Waals surface area contributed by atoms with Crippen molar-refractivity contribution in [2.75, 3.05) is 40.1 Å². The van der Waals surface area contributed by atoms with Gasteiger partial charge in [-0.25, -0.2) is 9.59 Å². The molecule has 1 aromatic rings. The molecule has 1 aromatic carbocycles. The molecule has 0 N–H and O–H groups in total.